The maximum atomic E-state index is 13.0. The molecule has 3 rings (SSSR count). The van der Waals surface area contributed by atoms with Gasteiger partial charge >= 0.3 is 0 Å². The minimum Gasteiger partial charge on any atom is -0.330 e. The SMILES string of the molecule is O=C(c1ccc([N+](=O)[O-])cc1)N(Cc1ccc(Cl)cc1)[C@H]1CCS(=O)(=O)C1. The topological polar surface area (TPSA) is 97.6 Å². The predicted molar refractivity (Wildman–Crippen MR) is 101 cm³/mol. The number of amides is 1. The van der Waals surface area contributed by atoms with Crippen LogP contribution < -0.4 is 0 Å². The maximum absolute atomic E-state index is 13.0. The number of carbonyl (C=O) groups excluding carboxylic acids is 1. The Kier molecular flexibility index (Phi) is 5.48. The molecule has 1 aliphatic heterocycles. The van der Waals surface area contributed by atoms with Crippen molar-refractivity contribution in [3.8, 4) is 0 Å². The highest BCUT2D eigenvalue weighted by molar-refractivity contribution is 7.91. The van der Waals surface area contributed by atoms with E-state index in [-0.39, 0.29) is 35.2 Å². The summed E-state index contributed by atoms with van der Waals surface area (Å²) in [6.45, 7) is 0.229. The van der Waals surface area contributed by atoms with Crippen LogP contribution in [0, 0.1) is 10.1 Å². The Morgan fingerprint density at radius 3 is 2.30 bits per heavy atom. The lowest BCUT2D eigenvalue weighted by atomic mass is 10.1. The van der Waals surface area contributed by atoms with E-state index in [1.807, 2.05) is 0 Å². The fraction of sp³-hybridized carbons (Fsp3) is 0.278. The van der Waals surface area contributed by atoms with Gasteiger partial charge < -0.3 is 4.90 Å². The van der Waals surface area contributed by atoms with Crippen molar-refractivity contribution in [3.63, 3.8) is 0 Å². The monoisotopic (exact) mass is 408 g/mol. The van der Waals surface area contributed by atoms with E-state index in [2.05, 4.69) is 0 Å². The summed E-state index contributed by atoms with van der Waals surface area (Å²) < 4.78 is 23.8. The van der Waals surface area contributed by atoms with E-state index >= 15 is 0 Å². The third-order valence-corrected chi connectivity index (χ3v) is 6.50. The van der Waals surface area contributed by atoms with E-state index in [0.29, 0.717) is 11.4 Å². The van der Waals surface area contributed by atoms with E-state index in [4.69, 9.17) is 11.6 Å². The molecule has 142 valence electrons. The maximum Gasteiger partial charge on any atom is 0.269 e. The number of hydrogen-bond donors (Lipinski definition) is 0. The van der Waals surface area contributed by atoms with Crippen LogP contribution in [0.3, 0.4) is 0 Å². The molecule has 1 amide bonds. The van der Waals surface area contributed by atoms with E-state index in [0.717, 1.165) is 5.56 Å². The van der Waals surface area contributed by atoms with Gasteiger partial charge in [0, 0.05) is 35.3 Å². The standard InChI is InChI=1S/C18H17ClN2O5S/c19-15-5-1-13(2-6-15)11-20(17-9-10-27(25,26)12-17)18(22)14-3-7-16(8-4-14)21(23)24/h1-8,17H,9-12H2/t17-/m0/s1. The van der Waals surface area contributed by atoms with Gasteiger partial charge in [0.1, 0.15) is 0 Å². The molecule has 0 bridgehead atoms. The van der Waals surface area contributed by atoms with Crippen molar-refractivity contribution in [2.45, 2.75) is 19.0 Å². The van der Waals surface area contributed by atoms with Crippen molar-refractivity contribution in [1.29, 1.82) is 0 Å². The number of nitro benzene ring substituents is 1. The number of benzene rings is 2. The average Bonchev–Trinajstić information content (AvgIpc) is 3.00. The number of nitrogens with zero attached hydrogens (tertiary/aromatic N) is 2. The molecular formula is C18H17ClN2O5S. The number of non-ortho nitro benzene ring substituents is 1. The minimum atomic E-state index is -3.18. The number of carbonyl (C=O) groups is 1. The van der Waals surface area contributed by atoms with Crippen molar-refractivity contribution in [2.24, 2.45) is 0 Å². The van der Waals surface area contributed by atoms with Crippen LogP contribution in [0.1, 0.15) is 22.3 Å². The second-order valence-electron chi connectivity index (χ2n) is 6.42. The zero-order chi connectivity index (χ0) is 19.6. The van der Waals surface area contributed by atoms with Crippen LogP contribution in [-0.4, -0.2) is 41.7 Å². The van der Waals surface area contributed by atoms with Gasteiger partial charge in [-0.3, -0.25) is 14.9 Å². The van der Waals surface area contributed by atoms with Gasteiger partial charge in [0.25, 0.3) is 11.6 Å². The van der Waals surface area contributed by atoms with E-state index < -0.39 is 20.8 Å². The van der Waals surface area contributed by atoms with Gasteiger partial charge in [-0.1, -0.05) is 23.7 Å². The molecule has 0 unspecified atom stereocenters. The molecule has 1 atom stereocenters. The highest BCUT2D eigenvalue weighted by Crippen LogP contribution is 2.24. The smallest absolute Gasteiger partial charge is 0.269 e. The summed E-state index contributed by atoms with van der Waals surface area (Å²) in [5.74, 6) is -0.399. The van der Waals surface area contributed by atoms with Crippen molar-refractivity contribution < 1.29 is 18.1 Å². The fourth-order valence-corrected chi connectivity index (χ4v) is 4.92. The van der Waals surface area contributed by atoms with Crippen LogP contribution >= 0.6 is 11.6 Å². The van der Waals surface area contributed by atoms with E-state index in [1.54, 1.807) is 24.3 Å². The van der Waals surface area contributed by atoms with Crippen molar-refractivity contribution >= 4 is 33.0 Å². The molecule has 0 aromatic heterocycles. The molecule has 1 heterocycles. The summed E-state index contributed by atoms with van der Waals surface area (Å²) in [6.07, 6.45) is 0.370. The number of nitro groups is 1. The molecule has 1 aliphatic rings. The Balaban J connectivity index is 1.89. The minimum absolute atomic E-state index is 0.0440. The first-order valence-corrected chi connectivity index (χ1v) is 10.5. The number of halogens is 1. The largest absolute Gasteiger partial charge is 0.330 e. The van der Waals surface area contributed by atoms with Crippen LogP contribution in [-0.2, 0) is 16.4 Å². The molecule has 9 heteroatoms. The fourth-order valence-electron chi connectivity index (χ4n) is 3.07. The molecule has 2 aromatic rings. The molecule has 0 spiro atoms. The molecule has 2 aromatic carbocycles. The molecule has 0 aliphatic carbocycles. The second-order valence-corrected chi connectivity index (χ2v) is 9.09. The van der Waals surface area contributed by atoms with Gasteiger partial charge in [0.05, 0.1) is 16.4 Å². The van der Waals surface area contributed by atoms with Crippen LogP contribution in [0.15, 0.2) is 48.5 Å². The van der Waals surface area contributed by atoms with Gasteiger partial charge in [-0.05, 0) is 36.2 Å². The third kappa shape index (κ3) is 4.64. The Hall–Kier alpha value is -2.45. The number of sulfone groups is 1. The molecule has 0 saturated carbocycles. The molecule has 27 heavy (non-hydrogen) atoms. The van der Waals surface area contributed by atoms with Crippen molar-refractivity contribution in [2.75, 3.05) is 11.5 Å². The summed E-state index contributed by atoms with van der Waals surface area (Å²) in [5, 5.41) is 11.4. The highest BCUT2D eigenvalue weighted by atomic mass is 35.5. The van der Waals surface area contributed by atoms with Crippen molar-refractivity contribution in [1.82, 2.24) is 4.90 Å². The first kappa shape index (κ1) is 19.3. The van der Waals surface area contributed by atoms with Crippen LogP contribution in [0.4, 0.5) is 5.69 Å². The summed E-state index contributed by atoms with van der Waals surface area (Å²) in [4.78, 5) is 24.8. The van der Waals surface area contributed by atoms with Gasteiger partial charge in [-0.25, -0.2) is 8.42 Å². The second kappa shape index (κ2) is 7.66. The molecular weight excluding hydrogens is 392 g/mol. The summed E-state index contributed by atoms with van der Waals surface area (Å²) >= 11 is 5.90. The predicted octanol–water partition coefficient (Wildman–Crippen LogP) is 3.08. The lowest BCUT2D eigenvalue weighted by Crippen LogP contribution is -2.40. The Labute approximate surface area is 161 Å². The summed E-state index contributed by atoms with van der Waals surface area (Å²) in [6, 6.07) is 11.8. The Morgan fingerprint density at radius 1 is 1.15 bits per heavy atom. The molecule has 1 fully saturated rings. The quantitative estimate of drug-likeness (QED) is 0.559. The normalized spacial score (nSPS) is 18.2. The van der Waals surface area contributed by atoms with Gasteiger partial charge in [-0.2, -0.15) is 0 Å². The molecule has 0 radical (unpaired) electrons. The lowest BCUT2D eigenvalue weighted by molar-refractivity contribution is -0.384. The highest BCUT2D eigenvalue weighted by Gasteiger charge is 2.35. The van der Waals surface area contributed by atoms with Crippen LogP contribution in [0.25, 0.3) is 0 Å². The van der Waals surface area contributed by atoms with Gasteiger partial charge in [0.2, 0.25) is 0 Å². The number of rotatable bonds is 5. The molecule has 0 N–H and O–H groups in total. The zero-order valence-corrected chi connectivity index (χ0v) is 15.8. The zero-order valence-electron chi connectivity index (χ0n) is 14.2. The summed E-state index contributed by atoms with van der Waals surface area (Å²) in [7, 11) is -3.18. The van der Waals surface area contributed by atoms with Crippen LogP contribution in [0.2, 0.25) is 5.02 Å². The van der Waals surface area contributed by atoms with Gasteiger partial charge in [0.15, 0.2) is 9.84 Å². The number of hydrogen-bond acceptors (Lipinski definition) is 5. The Bertz CT molecular complexity index is 958. The first-order chi connectivity index (χ1) is 12.7. The molecule has 7 nitrogen and oxygen atoms in total. The van der Waals surface area contributed by atoms with Crippen molar-refractivity contribution in [3.05, 3.63) is 74.8 Å². The first-order valence-electron chi connectivity index (χ1n) is 8.25. The Morgan fingerprint density at radius 2 is 1.78 bits per heavy atom. The van der Waals surface area contributed by atoms with E-state index in [9.17, 15) is 23.3 Å². The van der Waals surface area contributed by atoms with E-state index in [1.165, 1.54) is 29.2 Å². The third-order valence-electron chi connectivity index (χ3n) is 4.50. The molecule has 1 saturated heterocycles. The van der Waals surface area contributed by atoms with Crippen LogP contribution in [0.5, 0.6) is 0 Å². The van der Waals surface area contributed by atoms with Gasteiger partial charge in [-0.15, -0.1) is 0 Å². The summed E-state index contributed by atoms with van der Waals surface area (Å²) in [5.41, 5.74) is 0.983. The lowest BCUT2D eigenvalue weighted by Gasteiger charge is -2.28. The average molecular weight is 409 g/mol.